The smallest absolute Gasteiger partial charge is 0.272 e. The third kappa shape index (κ3) is 3.14. The van der Waals surface area contributed by atoms with Gasteiger partial charge in [0.1, 0.15) is 5.69 Å². The van der Waals surface area contributed by atoms with Crippen LogP contribution in [0.2, 0.25) is 0 Å². The molecule has 26 heavy (non-hydrogen) atoms. The summed E-state index contributed by atoms with van der Waals surface area (Å²) in [4.78, 5) is 18.3. The fraction of sp³-hybridized carbons (Fsp3) is 0.0500. The topological polar surface area (TPSA) is 67.5 Å². The zero-order valence-corrected chi connectivity index (χ0v) is 14.8. The number of hydrazone groups is 1. The molecule has 0 unspecified atom stereocenters. The van der Waals surface area contributed by atoms with Crippen LogP contribution in [0, 0.1) is 6.92 Å². The predicted molar refractivity (Wildman–Crippen MR) is 104 cm³/mol. The number of pyridine rings is 1. The second-order valence-electron chi connectivity index (χ2n) is 5.72. The summed E-state index contributed by atoms with van der Waals surface area (Å²) in [5.41, 5.74) is 5.57. The molecule has 0 spiro atoms. The van der Waals surface area contributed by atoms with Crippen LogP contribution in [0.1, 0.15) is 20.8 Å². The van der Waals surface area contributed by atoms with Gasteiger partial charge >= 0.3 is 0 Å². The molecule has 0 aliphatic rings. The number of amides is 1. The molecule has 4 rings (SSSR count). The number of aryl methyl sites for hydroxylation is 1. The van der Waals surface area contributed by atoms with Crippen LogP contribution in [0.5, 0.6) is 0 Å². The molecule has 1 aromatic carbocycles. The SMILES string of the molecule is Cc1ccsc1C=NNC(=O)c1cc(-c2ccco2)nc2ccccc12. The van der Waals surface area contributed by atoms with Crippen molar-refractivity contribution < 1.29 is 9.21 Å². The van der Waals surface area contributed by atoms with Crippen molar-refractivity contribution in [3.63, 3.8) is 0 Å². The summed E-state index contributed by atoms with van der Waals surface area (Å²) in [5.74, 6) is 0.323. The van der Waals surface area contributed by atoms with Gasteiger partial charge in [-0.15, -0.1) is 11.3 Å². The number of carbonyl (C=O) groups is 1. The number of aromatic nitrogens is 1. The molecule has 0 radical (unpaired) electrons. The molecule has 0 bridgehead atoms. The van der Waals surface area contributed by atoms with E-state index < -0.39 is 0 Å². The standard InChI is InChI=1S/C20H15N3O2S/c1-13-8-10-26-19(13)12-21-23-20(24)15-11-17(18-7-4-9-25-18)22-16-6-3-2-5-14(15)16/h2-12H,1H3,(H,23,24). The Morgan fingerprint density at radius 1 is 1.23 bits per heavy atom. The first-order chi connectivity index (χ1) is 12.7. The first-order valence-corrected chi connectivity index (χ1v) is 8.91. The van der Waals surface area contributed by atoms with E-state index in [0.29, 0.717) is 17.0 Å². The number of nitrogens with one attached hydrogen (secondary N) is 1. The van der Waals surface area contributed by atoms with Gasteiger partial charge in [-0.1, -0.05) is 18.2 Å². The first kappa shape index (κ1) is 16.2. The first-order valence-electron chi connectivity index (χ1n) is 8.03. The number of carbonyl (C=O) groups excluding carboxylic acids is 1. The van der Waals surface area contributed by atoms with E-state index in [9.17, 15) is 4.79 Å². The average molecular weight is 361 g/mol. The van der Waals surface area contributed by atoms with Crippen molar-refractivity contribution in [3.8, 4) is 11.5 Å². The molecule has 3 aromatic heterocycles. The maximum absolute atomic E-state index is 12.7. The van der Waals surface area contributed by atoms with Crippen molar-refractivity contribution in [1.82, 2.24) is 10.4 Å². The third-order valence-corrected chi connectivity index (χ3v) is 4.94. The monoisotopic (exact) mass is 361 g/mol. The minimum atomic E-state index is -0.290. The number of furan rings is 1. The van der Waals surface area contributed by atoms with Crippen molar-refractivity contribution in [1.29, 1.82) is 0 Å². The van der Waals surface area contributed by atoms with E-state index in [-0.39, 0.29) is 5.91 Å². The Labute approximate surface area is 154 Å². The van der Waals surface area contributed by atoms with Gasteiger partial charge in [-0.2, -0.15) is 5.10 Å². The van der Waals surface area contributed by atoms with Gasteiger partial charge in [-0.05, 0) is 48.2 Å². The Bertz CT molecular complexity index is 1100. The molecule has 0 aliphatic heterocycles. The van der Waals surface area contributed by atoms with E-state index in [0.717, 1.165) is 21.3 Å². The quantitative estimate of drug-likeness (QED) is 0.426. The molecule has 5 nitrogen and oxygen atoms in total. The highest BCUT2D eigenvalue weighted by atomic mass is 32.1. The van der Waals surface area contributed by atoms with Crippen LogP contribution < -0.4 is 5.43 Å². The molecule has 128 valence electrons. The molecule has 0 saturated heterocycles. The lowest BCUT2D eigenvalue weighted by Crippen LogP contribution is -2.18. The van der Waals surface area contributed by atoms with Crippen LogP contribution in [-0.4, -0.2) is 17.1 Å². The highest BCUT2D eigenvalue weighted by molar-refractivity contribution is 7.11. The van der Waals surface area contributed by atoms with Gasteiger partial charge in [0.2, 0.25) is 0 Å². The van der Waals surface area contributed by atoms with E-state index in [1.54, 1.807) is 35.9 Å². The van der Waals surface area contributed by atoms with E-state index >= 15 is 0 Å². The molecule has 6 heteroatoms. The zero-order chi connectivity index (χ0) is 17.9. The van der Waals surface area contributed by atoms with Gasteiger partial charge in [-0.25, -0.2) is 10.4 Å². The van der Waals surface area contributed by atoms with E-state index in [4.69, 9.17) is 4.42 Å². The Balaban J connectivity index is 1.69. The van der Waals surface area contributed by atoms with Gasteiger partial charge < -0.3 is 4.42 Å². The van der Waals surface area contributed by atoms with Gasteiger partial charge in [-0.3, -0.25) is 4.79 Å². The van der Waals surface area contributed by atoms with E-state index in [1.807, 2.05) is 48.7 Å². The Kier molecular flexibility index (Phi) is 4.33. The highest BCUT2D eigenvalue weighted by Gasteiger charge is 2.14. The van der Waals surface area contributed by atoms with Crippen LogP contribution in [-0.2, 0) is 0 Å². The number of nitrogens with zero attached hydrogens (tertiary/aromatic N) is 2. The summed E-state index contributed by atoms with van der Waals surface area (Å²) in [6, 6.07) is 14.9. The minimum absolute atomic E-state index is 0.290. The Hall–Kier alpha value is -3.25. The van der Waals surface area contributed by atoms with Crippen molar-refractivity contribution in [2.45, 2.75) is 6.92 Å². The van der Waals surface area contributed by atoms with Crippen LogP contribution in [0.25, 0.3) is 22.4 Å². The summed E-state index contributed by atoms with van der Waals surface area (Å²) >= 11 is 1.58. The van der Waals surface area contributed by atoms with E-state index in [1.165, 1.54) is 0 Å². The minimum Gasteiger partial charge on any atom is -0.463 e. The number of hydrogen-bond acceptors (Lipinski definition) is 5. The zero-order valence-electron chi connectivity index (χ0n) is 14.0. The molecule has 3 heterocycles. The number of para-hydroxylation sites is 1. The van der Waals surface area contributed by atoms with Crippen molar-refractivity contribution in [3.05, 3.63) is 76.2 Å². The number of thiophene rings is 1. The summed E-state index contributed by atoms with van der Waals surface area (Å²) in [6.07, 6.45) is 3.24. The van der Waals surface area contributed by atoms with Crippen molar-refractivity contribution >= 4 is 34.4 Å². The molecular formula is C20H15N3O2S. The summed E-state index contributed by atoms with van der Waals surface area (Å²) in [6.45, 7) is 2.01. The lowest BCUT2D eigenvalue weighted by molar-refractivity contribution is 0.0956. The van der Waals surface area contributed by atoms with Gasteiger partial charge in [0.05, 0.1) is 23.6 Å². The van der Waals surface area contributed by atoms with Gasteiger partial charge in [0, 0.05) is 10.3 Å². The Morgan fingerprint density at radius 2 is 2.12 bits per heavy atom. The number of hydrogen-bond donors (Lipinski definition) is 1. The molecule has 0 aliphatic carbocycles. The maximum Gasteiger partial charge on any atom is 0.272 e. The number of rotatable bonds is 4. The predicted octanol–water partition coefficient (Wildman–Crippen LogP) is 4.63. The van der Waals surface area contributed by atoms with Crippen LogP contribution >= 0.6 is 11.3 Å². The lowest BCUT2D eigenvalue weighted by atomic mass is 10.1. The van der Waals surface area contributed by atoms with Gasteiger partial charge in [0.25, 0.3) is 5.91 Å². The fourth-order valence-electron chi connectivity index (χ4n) is 2.64. The van der Waals surface area contributed by atoms with Crippen LogP contribution in [0.15, 0.2) is 69.7 Å². The van der Waals surface area contributed by atoms with Crippen LogP contribution in [0.3, 0.4) is 0 Å². The normalized spacial score (nSPS) is 11.3. The molecular weight excluding hydrogens is 346 g/mol. The maximum atomic E-state index is 12.7. The van der Waals surface area contributed by atoms with Crippen molar-refractivity contribution in [2.75, 3.05) is 0 Å². The molecule has 0 fully saturated rings. The number of benzene rings is 1. The third-order valence-electron chi connectivity index (χ3n) is 3.98. The molecule has 1 amide bonds. The summed E-state index contributed by atoms with van der Waals surface area (Å²) < 4.78 is 5.42. The second kappa shape index (κ2) is 6.93. The molecule has 4 aromatic rings. The lowest BCUT2D eigenvalue weighted by Gasteiger charge is -2.07. The fourth-order valence-corrected chi connectivity index (χ4v) is 3.43. The molecule has 1 N–H and O–H groups in total. The molecule has 0 saturated carbocycles. The van der Waals surface area contributed by atoms with E-state index in [2.05, 4.69) is 15.5 Å². The largest absolute Gasteiger partial charge is 0.463 e. The second-order valence-corrected chi connectivity index (χ2v) is 6.66. The van der Waals surface area contributed by atoms with Crippen LogP contribution in [0.4, 0.5) is 0 Å². The number of fused-ring (bicyclic) bond motifs is 1. The molecule has 0 atom stereocenters. The highest BCUT2D eigenvalue weighted by Crippen LogP contribution is 2.25. The summed E-state index contributed by atoms with van der Waals surface area (Å²) in [5, 5.41) is 6.85. The van der Waals surface area contributed by atoms with Crippen molar-refractivity contribution in [2.24, 2.45) is 5.10 Å². The Morgan fingerprint density at radius 3 is 2.88 bits per heavy atom. The summed E-state index contributed by atoms with van der Waals surface area (Å²) in [7, 11) is 0. The van der Waals surface area contributed by atoms with Gasteiger partial charge in [0.15, 0.2) is 5.76 Å². The average Bonchev–Trinajstić information content (AvgIpc) is 3.33.